The Hall–Kier alpha value is -2.64. The molecule has 3 amide bonds. The average molecular weight is 445 g/mol. The van der Waals surface area contributed by atoms with E-state index in [9.17, 15) is 18.8 Å². The Morgan fingerprint density at radius 3 is 2.67 bits per heavy atom. The lowest BCUT2D eigenvalue weighted by molar-refractivity contribution is -0.125. The van der Waals surface area contributed by atoms with Gasteiger partial charge in [0.05, 0.1) is 10.3 Å². The molecule has 1 aliphatic carbocycles. The number of imide groups is 1. The predicted molar refractivity (Wildman–Crippen MR) is 114 cm³/mol. The summed E-state index contributed by atoms with van der Waals surface area (Å²) < 4.78 is 13.8. The number of rotatable bonds is 6. The highest BCUT2D eigenvalue weighted by Crippen LogP contribution is 2.48. The van der Waals surface area contributed by atoms with Crippen LogP contribution in [0.15, 0.2) is 53.4 Å². The van der Waals surface area contributed by atoms with Crippen LogP contribution in [0.2, 0.25) is 5.02 Å². The summed E-state index contributed by atoms with van der Waals surface area (Å²) in [4.78, 5) is 38.7. The van der Waals surface area contributed by atoms with Crippen LogP contribution in [0, 0.1) is 5.82 Å². The Kier molecular flexibility index (Phi) is 5.66. The largest absolute Gasteiger partial charge is 0.354 e. The molecule has 0 aromatic heterocycles. The van der Waals surface area contributed by atoms with Crippen LogP contribution in [0.4, 0.5) is 9.18 Å². The van der Waals surface area contributed by atoms with Gasteiger partial charge in [0, 0.05) is 23.7 Å². The zero-order chi connectivity index (χ0) is 21.3. The molecular formula is C22H18ClFN2O3S. The van der Waals surface area contributed by atoms with Crippen LogP contribution < -0.4 is 5.32 Å². The van der Waals surface area contributed by atoms with Gasteiger partial charge in [-0.15, -0.1) is 0 Å². The first-order valence-electron chi connectivity index (χ1n) is 9.45. The van der Waals surface area contributed by atoms with Crippen molar-refractivity contribution in [3.8, 4) is 0 Å². The van der Waals surface area contributed by atoms with E-state index in [2.05, 4.69) is 5.32 Å². The molecule has 2 fully saturated rings. The lowest BCUT2D eigenvalue weighted by Crippen LogP contribution is -2.41. The third kappa shape index (κ3) is 4.00. The van der Waals surface area contributed by atoms with Crippen LogP contribution >= 0.6 is 23.4 Å². The molecule has 30 heavy (non-hydrogen) atoms. The summed E-state index contributed by atoms with van der Waals surface area (Å²) in [7, 11) is 0. The minimum Gasteiger partial charge on any atom is -0.354 e. The molecule has 0 unspecified atom stereocenters. The molecule has 1 saturated heterocycles. The van der Waals surface area contributed by atoms with Gasteiger partial charge in [0.15, 0.2) is 0 Å². The van der Waals surface area contributed by atoms with Gasteiger partial charge in [-0.1, -0.05) is 41.9 Å². The molecule has 5 nitrogen and oxygen atoms in total. The van der Waals surface area contributed by atoms with Gasteiger partial charge in [0.2, 0.25) is 5.91 Å². The van der Waals surface area contributed by atoms with Crippen LogP contribution in [-0.2, 0) is 15.0 Å². The topological polar surface area (TPSA) is 66.5 Å². The van der Waals surface area contributed by atoms with Crippen LogP contribution in [-0.4, -0.2) is 35.0 Å². The second-order valence-electron chi connectivity index (χ2n) is 7.20. The molecule has 1 aliphatic heterocycles. The molecule has 4 rings (SSSR count). The smallest absolute Gasteiger partial charge is 0.293 e. The van der Waals surface area contributed by atoms with Crippen LogP contribution in [0.5, 0.6) is 0 Å². The fourth-order valence-corrected chi connectivity index (χ4v) is 4.48. The Morgan fingerprint density at radius 1 is 1.20 bits per heavy atom. The summed E-state index contributed by atoms with van der Waals surface area (Å²) in [6.07, 6.45) is 2.83. The van der Waals surface area contributed by atoms with Crippen molar-refractivity contribution in [3.63, 3.8) is 0 Å². The molecule has 1 saturated carbocycles. The summed E-state index contributed by atoms with van der Waals surface area (Å²) in [5.41, 5.74) is 0.522. The number of halogens is 2. The van der Waals surface area contributed by atoms with E-state index in [0.717, 1.165) is 35.1 Å². The van der Waals surface area contributed by atoms with Crippen LogP contribution in [0.1, 0.15) is 24.0 Å². The highest BCUT2D eigenvalue weighted by molar-refractivity contribution is 8.18. The number of benzene rings is 2. The Balaban J connectivity index is 1.37. The highest BCUT2D eigenvalue weighted by Gasteiger charge is 2.51. The van der Waals surface area contributed by atoms with Gasteiger partial charge in [-0.2, -0.15) is 0 Å². The summed E-state index contributed by atoms with van der Waals surface area (Å²) in [5.74, 6) is -1.09. The van der Waals surface area contributed by atoms with Crippen molar-refractivity contribution in [1.82, 2.24) is 10.2 Å². The normalized spacial score (nSPS) is 18.7. The van der Waals surface area contributed by atoms with Crippen LogP contribution in [0.3, 0.4) is 0 Å². The van der Waals surface area contributed by atoms with Gasteiger partial charge in [0.25, 0.3) is 11.1 Å². The summed E-state index contributed by atoms with van der Waals surface area (Å²) in [6.45, 7) is 0.197. The molecule has 1 N–H and O–H groups in total. The second kappa shape index (κ2) is 8.24. The van der Waals surface area contributed by atoms with E-state index in [0.29, 0.717) is 5.02 Å². The van der Waals surface area contributed by atoms with Gasteiger partial charge in [-0.05, 0) is 54.4 Å². The molecule has 0 radical (unpaired) electrons. The third-order valence-electron chi connectivity index (χ3n) is 5.25. The standard InChI is InChI=1S/C22H18ClFN2O3S/c23-16-6-3-5-15(13-16)22(8-9-22)20(28)25-10-11-26-19(27)18(30-21(26)29)12-14-4-1-2-7-17(14)24/h1-7,12-13H,8-11H2,(H,25,28)/b18-12-. The van der Waals surface area contributed by atoms with E-state index in [4.69, 9.17) is 11.6 Å². The molecule has 0 atom stereocenters. The molecular weight excluding hydrogens is 427 g/mol. The number of hydrogen-bond donors (Lipinski definition) is 1. The zero-order valence-corrected chi connectivity index (χ0v) is 17.4. The average Bonchev–Trinajstić information content (AvgIpc) is 3.49. The number of nitrogens with zero attached hydrogens (tertiary/aromatic N) is 1. The fraction of sp³-hybridized carbons (Fsp3) is 0.227. The zero-order valence-electron chi connectivity index (χ0n) is 15.9. The van der Waals surface area contributed by atoms with Crippen molar-refractivity contribution in [2.45, 2.75) is 18.3 Å². The first-order valence-corrected chi connectivity index (χ1v) is 10.6. The van der Waals surface area contributed by atoms with E-state index < -0.39 is 22.4 Å². The maximum atomic E-state index is 13.8. The van der Waals surface area contributed by atoms with Crippen molar-refractivity contribution < 1.29 is 18.8 Å². The lowest BCUT2D eigenvalue weighted by atomic mass is 9.95. The molecule has 2 aromatic carbocycles. The molecule has 1 heterocycles. The van der Waals surface area contributed by atoms with Crippen molar-refractivity contribution in [3.05, 3.63) is 75.4 Å². The van der Waals surface area contributed by atoms with E-state index in [1.807, 2.05) is 12.1 Å². The van der Waals surface area contributed by atoms with E-state index in [-0.39, 0.29) is 29.5 Å². The molecule has 2 aromatic rings. The Morgan fingerprint density at radius 2 is 1.97 bits per heavy atom. The maximum absolute atomic E-state index is 13.8. The first-order chi connectivity index (χ1) is 14.4. The number of thioether (sulfide) groups is 1. The number of amides is 3. The Bertz CT molecular complexity index is 1070. The van der Waals surface area contributed by atoms with Gasteiger partial charge in [0.1, 0.15) is 5.82 Å². The number of nitrogens with one attached hydrogen (secondary N) is 1. The van der Waals surface area contributed by atoms with Crippen molar-refractivity contribution >= 4 is 46.5 Å². The van der Waals surface area contributed by atoms with E-state index >= 15 is 0 Å². The van der Waals surface area contributed by atoms with E-state index in [1.165, 1.54) is 18.2 Å². The Labute approximate surface area is 182 Å². The van der Waals surface area contributed by atoms with Gasteiger partial charge in [-0.3, -0.25) is 19.3 Å². The number of carbonyl (C=O) groups excluding carboxylic acids is 3. The summed E-state index contributed by atoms with van der Waals surface area (Å²) in [5, 5.41) is 2.97. The molecule has 2 aliphatic rings. The molecule has 0 spiro atoms. The summed E-state index contributed by atoms with van der Waals surface area (Å²) in [6, 6.07) is 13.3. The molecule has 154 valence electrons. The number of hydrogen-bond acceptors (Lipinski definition) is 4. The third-order valence-corrected chi connectivity index (χ3v) is 6.39. The summed E-state index contributed by atoms with van der Waals surface area (Å²) >= 11 is 6.81. The first kappa shape index (κ1) is 20.6. The highest BCUT2D eigenvalue weighted by atomic mass is 35.5. The minimum absolute atomic E-state index is 0.0522. The van der Waals surface area contributed by atoms with Gasteiger partial charge < -0.3 is 5.32 Å². The quantitative estimate of drug-likeness (QED) is 0.672. The van der Waals surface area contributed by atoms with Crippen molar-refractivity contribution in [2.75, 3.05) is 13.1 Å². The van der Waals surface area contributed by atoms with E-state index in [1.54, 1.807) is 24.3 Å². The fourth-order valence-electron chi connectivity index (χ4n) is 3.43. The molecule has 8 heteroatoms. The van der Waals surface area contributed by atoms with Gasteiger partial charge >= 0.3 is 0 Å². The van der Waals surface area contributed by atoms with Crippen molar-refractivity contribution in [1.29, 1.82) is 0 Å². The van der Waals surface area contributed by atoms with Crippen LogP contribution in [0.25, 0.3) is 6.08 Å². The molecule has 0 bridgehead atoms. The second-order valence-corrected chi connectivity index (χ2v) is 8.63. The lowest BCUT2D eigenvalue weighted by Gasteiger charge is -2.18. The predicted octanol–water partition coefficient (Wildman–Crippen LogP) is 4.36. The minimum atomic E-state index is -0.589. The van der Waals surface area contributed by atoms with Crippen molar-refractivity contribution in [2.24, 2.45) is 0 Å². The maximum Gasteiger partial charge on any atom is 0.293 e. The monoisotopic (exact) mass is 444 g/mol. The number of carbonyl (C=O) groups is 3. The SMILES string of the molecule is O=C1S/C(=C\c2ccccc2F)C(=O)N1CCNC(=O)C1(c2cccc(Cl)c2)CC1. The van der Waals surface area contributed by atoms with Gasteiger partial charge in [-0.25, -0.2) is 4.39 Å².